The molecule has 1 unspecified atom stereocenters. The Morgan fingerprint density at radius 2 is 2.25 bits per heavy atom. The van der Waals surface area contributed by atoms with Crippen molar-refractivity contribution in [3.05, 3.63) is 30.0 Å². The zero-order valence-electron chi connectivity index (χ0n) is 12.0. The third kappa shape index (κ3) is 2.57. The number of benzene rings is 1. The first-order valence-corrected chi connectivity index (χ1v) is 7.30. The van der Waals surface area contributed by atoms with E-state index in [0.29, 0.717) is 6.54 Å². The lowest BCUT2D eigenvalue weighted by molar-refractivity contribution is -0.0263. The fourth-order valence-corrected chi connectivity index (χ4v) is 2.83. The third-order valence-electron chi connectivity index (χ3n) is 3.89. The lowest BCUT2D eigenvalue weighted by Gasteiger charge is -2.31. The maximum Gasteiger partial charge on any atom is 0.0843 e. The molecule has 1 aromatic heterocycles. The minimum atomic E-state index is 0.156. The molecule has 0 bridgehead atoms. The third-order valence-corrected chi connectivity index (χ3v) is 3.89. The van der Waals surface area contributed by atoms with Gasteiger partial charge in [0.05, 0.1) is 23.9 Å². The van der Waals surface area contributed by atoms with E-state index in [0.717, 1.165) is 38.5 Å². The molecule has 1 aliphatic heterocycles. The average Bonchev–Trinajstić information content (AvgIpc) is 2.86. The Balaban J connectivity index is 1.83. The normalized spacial score (nSPS) is 20.6. The van der Waals surface area contributed by atoms with Crippen molar-refractivity contribution in [2.24, 2.45) is 5.73 Å². The Hall–Kier alpha value is -1.43. The van der Waals surface area contributed by atoms with Crippen LogP contribution in [0.15, 0.2) is 24.3 Å². The number of para-hydroxylation sites is 1. The lowest BCUT2D eigenvalue weighted by Crippen LogP contribution is -2.45. The molecule has 1 atom stereocenters. The summed E-state index contributed by atoms with van der Waals surface area (Å²) >= 11 is 0. The van der Waals surface area contributed by atoms with Gasteiger partial charge in [0.2, 0.25) is 0 Å². The minimum absolute atomic E-state index is 0.156. The molecule has 2 heterocycles. The van der Waals surface area contributed by atoms with E-state index < -0.39 is 0 Å². The van der Waals surface area contributed by atoms with Gasteiger partial charge in [-0.1, -0.05) is 18.2 Å². The van der Waals surface area contributed by atoms with E-state index >= 15 is 0 Å². The van der Waals surface area contributed by atoms with Crippen LogP contribution in [-0.2, 0) is 17.8 Å². The van der Waals surface area contributed by atoms with Gasteiger partial charge in [0.1, 0.15) is 0 Å². The number of hydrogen-bond acceptors (Lipinski definition) is 4. The molecule has 0 aliphatic carbocycles. The number of nitrogens with zero attached hydrogens (tertiary/aromatic N) is 3. The summed E-state index contributed by atoms with van der Waals surface area (Å²) in [5.74, 6) is 0. The van der Waals surface area contributed by atoms with E-state index in [1.165, 1.54) is 10.9 Å². The molecule has 1 aromatic carbocycles. The van der Waals surface area contributed by atoms with Gasteiger partial charge in [-0.25, -0.2) is 0 Å². The fraction of sp³-hybridized carbons (Fsp3) is 0.533. The van der Waals surface area contributed by atoms with Crippen LogP contribution in [0.5, 0.6) is 0 Å². The van der Waals surface area contributed by atoms with E-state index in [1.807, 2.05) is 0 Å². The number of nitrogens with two attached hydrogens (primary N) is 1. The summed E-state index contributed by atoms with van der Waals surface area (Å²) in [7, 11) is 0. The number of ether oxygens (including phenoxy) is 1. The number of hydrogen-bond donors (Lipinski definition) is 1. The smallest absolute Gasteiger partial charge is 0.0843 e. The molecule has 1 saturated heterocycles. The molecule has 3 rings (SSSR count). The Labute approximate surface area is 119 Å². The Morgan fingerprint density at radius 1 is 1.40 bits per heavy atom. The molecule has 2 N–H and O–H groups in total. The highest BCUT2D eigenvalue weighted by atomic mass is 16.5. The first-order chi connectivity index (χ1) is 9.81. The van der Waals surface area contributed by atoms with Crippen molar-refractivity contribution < 1.29 is 4.74 Å². The molecule has 20 heavy (non-hydrogen) atoms. The van der Waals surface area contributed by atoms with Crippen LogP contribution in [0.2, 0.25) is 0 Å². The van der Waals surface area contributed by atoms with Gasteiger partial charge in [0.25, 0.3) is 0 Å². The van der Waals surface area contributed by atoms with Crippen LogP contribution >= 0.6 is 0 Å². The minimum Gasteiger partial charge on any atom is -0.374 e. The SMILES string of the molecule is CCn1nc(CN2CCOC(CN)C2)c2ccccc21. The number of aryl methyl sites for hydroxylation is 1. The van der Waals surface area contributed by atoms with Crippen molar-refractivity contribution in [2.75, 3.05) is 26.2 Å². The second kappa shape index (κ2) is 5.91. The number of fused-ring (bicyclic) bond motifs is 1. The highest BCUT2D eigenvalue weighted by molar-refractivity contribution is 5.81. The second-order valence-electron chi connectivity index (χ2n) is 5.24. The highest BCUT2D eigenvalue weighted by Gasteiger charge is 2.21. The average molecular weight is 274 g/mol. The molecule has 5 heteroatoms. The summed E-state index contributed by atoms with van der Waals surface area (Å²) < 4.78 is 7.69. The fourth-order valence-electron chi connectivity index (χ4n) is 2.83. The van der Waals surface area contributed by atoms with Gasteiger partial charge >= 0.3 is 0 Å². The van der Waals surface area contributed by atoms with E-state index in [-0.39, 0.29) is 6.10 Å². The van der Waals surface area contributed by atoms with Crippen LogP contribution in [0.25, 0.3) is 10.9 Å². The zero-order chi connectivity index (χ0) is 13.9. The van der Waals surface area contributed by atoms with E-state index in [4.69, 9.17) is 15.6 Å². The van der Waals surface area contributed by atoms with Gasteiger partial charge in [-0.3, -0.25) is 9.58 Å². The van der Waals surface area contributed by atoms with Gasteiger partial charge in [-0.15, -0.1) is 0 Å². The Morgan fingerprint density at radius 3 is 3.05 bits per heavy atom. The first-order valence-electron chi connectivity index (χ1n) is 7.30. The summed E-state index contributed by atoms with van der Waals surface area (Å²) in [4.78, 5) is 2.38. The van der Waals surface area contributed by atoms with E-state index in [2.05, 4.69) is 40.8 Å². The largest absolute Gasteiger partial charge is 0.374 e. The quantitative estimate of drug-likeness (QED) is 0.910. The van der Waals surface area contributed by atoms with Crippen LogP contribution in [0.3, 0.4) is 0 Å². The van der Waals surface area contributed by atoms with Crippen LogP contribution in [-0.4, -0.2) is 47.0 Å². The monoisotopic (exact) mass is 274 g/mol. The van der Waals surface area contributed by atoms with Gasteiger partial charge < -0.3 is 10.5 Å². The molecule has 0 spiro atoms. The lowest BCUT2D eigenvalue weighted by atomic mass is 10.2. The van der Waals surface area contributed by atoms with Crippen molar-refractivity contribution in [2.45, 2.75) is 26.1 Å². The van der Waals surface area contributed by atoms with Gasteiger partial charge in [0.15, 0.2) is 0 Å². The summed E-state index contributed by atoms with van der Waals surface area (Å²) in [6.07, 6.45) is 0.156. The van der Waals surface area contributed by atoms with Crippen LogP contribution in [0.1, 0.15) is 12.6 Å². The number of morpholine rings is 1. The predicted molar refractivity (Wildman–Crippen MR) is 79.5 cm³/mol. The van der Waals surface area contributed by atoms with Crippen molar-refractivity contribution >= 4 is 10.9 Å². The predicted octanol–water partition coefficient (Wildman–Crippen LogP) is 1.22. The van der Waals surface area contributed by atoms with Gasteiger partial charge in [-0.2, -0.15) is 5.10 Å². The standard InChI is InChI=1S/C15H22N4O/c1-2-19-15-6-4-3-5-13(15)14(17-19)11-18-7-8-20-12(9-16)10-18/h3-6,12H,2,7-11,16H2,1H3. The zero-order valence-corrected chi connectivity index (χ0v) is 12.0. The van der Waals surface area contributed by atoms with Crippen LogP contribution in [0.4, 0.5) is 0 Å². The molecule has 0 amide bonds. The van der Waals surface area contributed by atoms with Crippen molar-refractivity contribution in [1.29, 1.82) is 0 Å². The molecule has 2 aromatic rings. The first kappa shape index (κ1) is 13.5. The van der Waals surface area contributed by atoms with Crippen molar-refractivity contribution in [3.63, 3.8) is 0 Å². The molecule has 1 aliphatic rings. The molecule has 0 radical (unpaired) electrons. The van der Waals surface area contributed by atoms with Crippen LogP contribution < -0.4 is 5.73 Å². The topological polar surface area (TPSA) is 56.3 Å². The van der Waals surface area contributed by atoms with Gasteiger partial charge in [-0.05, 0) is 13.0 Å². The Kier molecular flexibility index (Phi) is 4.00. The summed E-state index contributed by atoms with van der Waals surface area (Å²) in [6, 6.07) is 8.44. The van der Waals surface area contributed by atoms with E-state index in [1.54, 1.807) is 0 Å². The highest BCUT2D eigenvalue weighted by Crippen LogP contribution is 2.20. The van der Waals surface area contributed by atoms with Crippen LogP contribution in [0, 0.1) is 0 Å². The summed E-state index contributed by atoms with van der Waals surface area (Å²) in [5.41, 5.74) is 8.07. The van der Waals surface area contributed by atoms with E-state index in [9.17, 15) is 0 Å². The second-order valence-corrected chi connectivity index (χ2v) is 5.24. The maximum absolute atomic E-state index is 5.70. The van der Waals surface area contributed by atoms with Gasteiger partial charge in [0, 0.05) is 38.1 Å². The molecular formula is C15H22N4O. The number of aromatic nitrogens is 2. The summed E-state index contributed by atoms with van der Waals surface area (Å²) in [5, 5.41) is 6.01. The summed E-state index contributed by atoms with van der Waals surface area (Å²) in [6.45, 7) is 7.08. The Bertz CT molecular complexity index is 580. The number of rotatable bonds is 4. The molecule has 108 valence electrons. The molecule has 0 saturated carbocycles. The molecular weight excluding hydrogens is 252 g/mol. The molecule has 1 fully saturated rings. The van der Waals surface area contributed by atoms with Crippen molar-refractivity contribution in [3.8, 4) is 0 Å². The van der Waals surface area contributed by atoms with Crippen molar-refractivity contribution in [1.82, 2.24) is 14.7 Å². The maximum atomic E-state index is 5.70. The molecule has 5 nitrogen and oxygen atoms in total.